The van der Waals surface area contributed by atoms with Crippen LogP contribution in [0, 0.1) is 6.92 Å². The Kier molecular flexibility index (Phi) is 2.64. The Balaban J connectivity index is 2.01. The lowest BCUT2D eigenvalue weighted by Gasteiger charge is -2.01. The topological polar surface area (TPSA) is 42.9 Å². The van der Waals surface area contributed by atoms with E-state index in [0.717, 1.165) is 28.6 Å². The van der Waals surface area contributed by atoms with Crippen LogP contribution in [0.2, 0.25) is 0 Å². The van der Waals surface area contributed by atoms with Crippen molar-refractivity contribution in [3.63, 3.8) is 0 Å². The van der Waals surface area contributed by atoms with Crippen LogP contribution < -0.4 is 0 Å². The predicted octanol–water partition coefficient (Wildman–Crippen LogP) is 2.06. The second-order valence-electron chi connectivity index (χ2n) is 3.05. The maximum Gasteiger partial charge on any atom is 0.174 e. The van der Waals surface area contributed by atoms with E-state index >= 15 is 0 Å². The third-order valence-corrected chi connectivity index (χ3v) is 4.24. The highest BCUT2D eigenvalue weighted by molar-refractivity contribution is 8.02. The first-order valence-electron chi connectivity index (χ1n) is 4.25. The van der Waals surface area contributed by atoms with Crippen LogP contribution in [-0.2, 0) is 4.79 Å². The second-order valence-corrected chi connectivity index (χ2v) is 5.68. The van der Waals surface area contributed by atoms with Crippen LogP contribution in [0.3, 0.4) is 0 Å². The van der Waals surface area contributed by atoms with E-state index in [4.69, 9.17) is 0 Å². The maximum atomic E-state index is 11.3. The molecule has 1 aromatic heterocycles. The highest BCUT2D eigenvalue weighted by Crippen LogP contribution is 2.33. The lowest BCUT2D eigenvalue weighted by atomic mass is 10.3. The highest BCUT2D eigenvalue weighted by atomic mass is 32.2. The number of nitrogens with zero attached hydrogens (tertiary/aromatic N) is 2. The highest BCUT2D eigenvalue weighted by Gasteiger charge is 2.26. The number of Topliss-reactive ketones (excluding diaryl/α,β-unsaturated/α-hetero) is 1. The molecule has 3 nitrogen and oxygen atoms in total. The number of aromatic nitrogens is 2. The lowest BCUT2D eigenvalue weighted by Crippen LogP contribution is -2.07. The first kappa shape index (κ1) is 9.15. The van der Waals surface area contributed by atoms with Crippen LogP contribution in [0.25, 0.3) is 0 Å². The van der Waals surface area contributed by atoms with E-state index in [9.17, 15) is 4.79 Å². The van der Waals surface area contributed by atoms with Crippen LogP contribution in [0.1, 0.15) is 24.3 Å². The van der Waals surface area contributed by atoms with Gasteiger partial charge in [-0.25, -0.2) is 0 Å². The van der Waals surface area contributed by atoms with Gasteiger partial charge in [0.2, 0.25) is 0 Å². The molecule has 0 N–H and O–H groups in total. The third kappa shape index (κ3) is 2.08. The number of ketones is 1. The minimum absolute atomic E-state index is 0.146. The quantitative estimate of drug-likeness (QED) is 0.755. The Morgan fingerprint density at radius 3 is 2.92 bits per heavy atom. The minimum Gasteiger partial charge on any atom is -0.298 e. The van der Waals surface area contributed by atoms with E-state index in [1.807, 2.05) is 6.92 Å². The van der Waals surface area contributed by atoms with Crippen LogP contribution >= 0.6 is 23.1 Å². The van der Waals surface area contributed by atoms with Gasteiger partial charge in [0.05, 0.1) is 5.25 Å². The summed E-state index contributed by atoms with van der Waals surface area (Å²) >= 11 is 3.14. The molecule has 0 bridgehead atoms. The van der Waals surface area contributed by atoms with Crippen molar-refractivity contribution in [2.75, 3.05) is 0 Å². The van der Waals surface area contributed by atoms with Crippen molar-refractivity contribution in [1.29, 1.82) is 0 Å². The zero-order chi connectivity index (χ0) is 9.26. The molecule has 1 aliphatic rings. The molecule has 5 heteroatoms. The molecule has 0 amide bonds. The molecule has 1 unspecified atom stereocenters. The molecule has 13 heavy (non-hydrogen) atoms. The van der Waals surface area contributed by atoms with Gasteiger partial charge in [-0.05, 0) is 19.8 Å². The molecule has 1 saturated carbocycles. The summed E-state index contributed by atoms with van der Waals surface area (Å²) in [4.78, 5) is 11.3. The Morgan fingerprint density at radius 2 is 2.38 bits per heavy atom. The number of hydrogen-bond donors (Lipinski definition) is 0. The number of aryl methyl sites for hydroxylation is 1. The first-order valence-corrected chi connectivity index (χ1v) is 5.95. The molecule has 1 atom stereocenters. The minimum atomic E-state index is 0.146. The molecule has 2 rings (SSSR count). The summed E-state index contributed by atoms with van der Waals surface area (Å²) in [6, 6.07) is 0. The summed E-state index contributed by atoms with van der Waals surface area (Å²) in [5, 5.41) is 9.02. The maximum absolute atomic E-state index is 11.3. The summed E-state index contributed by atoms with van der Waals surface area (Å²) in [6.07, 6.45) is 2.78. The van der Waals surface area contributed by atoms with E-state index in [-0.39, 0.29) is 5.25 Å². The Labute approximate surface area is 84.9 Å². The largest absolute Gasteiger partial charge is 0.298 e. The van der Waals surface area contributed by atoms with Crippen molar-refractivity contribution in [1.82, 2.24) is 10.2 Å². The van der Waals surface area contributed by atoms with Gasteiger partial charge in [-0.2, -0.15) is 0 Å². The average molecular weight is 214 g/mol. The number of rotatable bonds is 2. The van der Waals surface area contributed by atoms with E-state index in [1.165, 1.54) is 0 Å². The van der Waals surface area contributed by atoms with E-state index in [2.05, 4.69) is 10.2 Å². The number of thioether (sulfide) groups is 1. The van der Waals surface area contributed by atoms with Crippen LogP contribution in [0.15, 0.2) is 4.34 Å². The second kappa shape index (κ2) is 3.75. The van der Waals surface area contributed by atoms with Gasteiger partial charge in [0, 0.05) is 6.42 Å². The molecule has 0 aliphatic heterocycles. The Morgan fingerprint density at radius 1 is 1.54 bits per heavy atom. The van der Waals surface area contributed by atoms with E-state index in [1.54, 1.807) is 23.1 Å². The molecule has 1 fully saturated rings. The smallest absolute Gasteiger partial charge is 0.174 e. The predicted molar refractivity (Wildman–Crippen MR) is 53.1 cm³/mol. The standard InChI is InChI=1S/C8H10N2OS2/c1-5-9-10-8(12-5)13-7-4-2-3-6(7)11/h7H,2-4H2,1H3. The van der Waals surface area contributed by atoms with Crippen molar-refractivity contribution in [3.05, 3.63) is 5.01 Å². The summed E-state index contributed by atoms with van der Waals surface area (Å²) in [7, 11) is 0. The molecule has 1 aromatic rings. The summed E-state index contributed by atoms with van der Waals surface area (Å²) in [5.41, 5.74) is 0. The SMILES string of the molecule is Cc1nnc(SC2CCCC2=O)s1. The van der Waals surface area contributed by atoms with Crippen molar-refractivity contribution >= 4 is 28.9 Å². The zero-order valence-electron chi connectivity index (χ0n) is 7.32. The molecule has 70 valence electrons. The van der Waals surface area contributed by atoms with Gasteiger partial charge in [0.15, 0.2) is 4.34 Å². The molecule has 1 heterocycles. The van der Waals surface area contributed by atoms with Crippen LogP contribution in [0.5, 0.6) is 0 Å². The fraction of sp³-hybridized carbons (Fsp3) is 0.625. The van der Waals surface area contributed by atoms with Crippen LogP contribution in [-0.4, -0.2) is 21.2 Å². The normalized spacial score (nSPS) is 22.5. The summed E-state index contributed by atoms with van der Waals surface area (Å²) < 4.78 is 0.928. The van der Waals surface area contributed by atoms with Crippen molar-refractivity contribution < 1.29 is 4.79 Å². The number of carbonyl (C=O) groups excluding carboxylic acids is 1. The Bertz CT molecular complexity index is 324. The van der Waals surface area contributed by atoms with Gasteiger partial charge < -0.3 is 0 Å². The fourth-order valence-electron chi connectivity index (χ4n) is 1.36. The fourth-order valence-corrected chi connectivity index (χ4v) is 3.54. The molecular weight excluding hydrogens is 204 g/mol. The Hall–Kier alpha value is -0.420. The summed E-state index contributed by atoms with van der Waals surface area (Å²) in [6.45, 7) is 1.93. The van der Waals surface area contributed by atoms with Gasteiger partial charge >= 0.3 is 0 Å². The molecule has 0 spiro atoms. The molecular formula is C8H10N2OS2. The third-order valence-electron chi connectivity index (χ3n) is 2.00. The first-order chi connectivity index (χ1) is 6.25. The number of hydrogen-bond acceptors (Lipinski definition) is 5. The molecule has 0 radical (unpaired) electrons. The van der Waals surface area contributed by atoms with E-state index in [0.29, 0.717) is 5.78 Å². The van der Waals surface area contributed by atoms with E-state index < -0.39 is 0 Å². The van der Waals surface area contributed by atoms with Gasteiger partial charge in [-0.3, -0.25) is 4.79 Å². The van der Waals surface area contributed by atoms with Crippen LogP contribution in [0.4, 0.5) is 0 Å². The lowest BCUT2D eigenvalue weighted by molar-refractivity contribution is -0.116. The van der Waals surface area contributed by atoms with Crippen molar-refractivity contribution in [2.45, 2.75) is 35.8 Å². The summed E-state index contributed by atoms with van der Waals surface area (Å²) in [5.74, 6) is 0.373. The van der Waals surface area contributed by atoms with Gasteiger partial charge in [0.1, 0.15) is 10.8 Å². The molecule has 0 aromatic carbocycles. The average Bonchev–Trinajstić information content (AvgIpc) is 2.64. The monoisotopic (exact) mass is 214 g/mol. The van der Waals surface area contributed by atoms with Gasteiger partial charge in [-0.15, -0.1) is 10.2 Å². The van der Waals surface area contributed by atoms with Crippen molar-refractivity contribution in [2.24, 2.45) is 0 Å². The van der Waals surface area contributed by atoms with Crippen molar-refractivity contribution in [3.8, 4) is 0 Å². The van der Waals surface area contributed by atoms with Gasteiger partial charge in [0.25, 0.3) is 0 Å². The molecule has 1 aliphatic carbocycles. The molecule has 0 saturated heterocycles. The zero-order valence-corrected chi connectivity index (χ0v) is 8.95. The van der Waals surface area contributed by atoms with Gasteiger partial charge in [-0.1, -0.05) is 23.1 Å². The number of carbonyl (C=O) groups is 1.